The molecular weight excluding hydrogens is 537 g/mol. The van der Waals surface area contributed by atoms with Crippen LogP contribution in [0.4, 0.5) is 4.39 Å². The quantitative estimate of drug-likeness (QED) is 0.173. The summed E-state index contributed by atoms with van der Waals surface area (Å²) in [6.07, 6.45) is 4.82. The number of aromatic nitrogens is 2. The van der Waals surface area contributed by atoms with Gasteiger partial charge in [-0.2, -0.15) is 0 Å². The highest BCUT2D eigenvalue weighted by molar-refractivity contribution is 5.87. The zero-order valence-electron chi connectivity index (χ0n) is 23.7. The van der Waals surface area contributed by atoms with E-state index in [0.29, 0.717) is 25.3 Å². The molecule has 0 radical (unpaired) electrons. The normalized spacial score (nSPS) is 11.7. The third-order valence-electron chi connectivity index (χ3n) is 7.52. The Morgan fingerprint density at radius 1 is 0.837 bits per heavy atom. The minimum absolute atomic E-state index is 0.0364. The van der Waals surface area contributed by atoms with Crippen LogP contribution < -0.4 is 10.1 Å². The maximum atomic E-state index is 13.6. The molecule has 1 atom stereocenters. The number of nitrogens with zero attached hydrogens (tertiary/aromatic N) is 2. The molecule has 214 valence electrons. The van der Waals surface area contributed by atoms with Gasteiger partial charge in [-0.3, -0.25) is 9.78 Å². The number of pyridine rings is 1. The fourth-order valence-corrected chi connectivity index (χ4v) is 5.43. The number of hydrogen-bond acceptors (Lipinski definition) is 3. The van der Waals surface area contributed by atoms with Crippen molar-refractivity contribution in [2.75, 3.05) is 6.54 Å². The summed E-state index contributed by atoms with van der Waals surface area (Å²) in [4.78, 5) is 17.8. The second kappa shape index (κ2) is 13.2. The first-order chi connectivity index (χ1) is 21.1. The van der Waals surface area contributed by atoms with E-state index >= 15 is 0 Å². The Kier molecular flexibility index (Phi) is 8.55. The molecule has 4 aromatic carbocycles. The van der Waals surface area contributed by atoms with Gasteiger partial charge in [0.15, 0.2) is 0 Å². The predicted molar refractivity (Wildman–Crippen MR) is 168 cm³/mol. The molecule has 6 heteroatoms. The summed E-state index contributed by atoms with van der Waals surface area (Å²) in [5.74, 6) is 0.937. The number of benzene rings is 4. The van der Waals surface area contributed by atoms with E-state index in [1.807, 2.05) is 78.9 Å². The number of halogens is 1. The van der Waals surface area contributed by atoms with Crippen LogP contribution in [0, 0.1) is 5.82 Å². The zero-order valence-corrected chi connectivity index (χ0v) is 23.7. The molecule has 0 bridgehead atoms. The molecule has 0 aliphatic carbocycles. The van der Waals surface area contributed by atoms with Crippen molar-refractivity contribution >= 4 is 16.8 Å². The lowest BCUT2D eigenvalue weighted by Gasteiger charge is -2.18. The first-order valence-electron chi connectivity index (χ1n) is 14.4. The zero-order chi connectivity index (χ0) is 29.4. The lowest BCUT2D eigenvalue weighted by Crippen LogP contribution is -2.27. The molecule has 2 heterocycles. The molecule has 0 saturated heterocycles. The Balaban J connectivity index is 1.33. The molecule has 5 nitrogen and oxygen atoms in total. The number of rotatable bonds is 11. The second-order valence-electron chi connectivity index (χ2n) is 10.5. The van der Waals surface area contributed by atoms with Crippen molar-refractivity contribution in [3.63, 3.8) is 0 Å². The average molecular weight is 570 g/mol. The first kappa shape index (κ1) is 27.9. The van der Waals surface area contributed by atoms with E-state index in [1.165, 1.54) is 12.1 Å². The summed E-state index contributed by atoms with van der Waals surface area (Å²) in [7, 11) is 0. The van der Waals surface area contributed by atoms with E-state index in [4.69, 9.17) is 4.74 Å². The summed E-state index contributed by atoms with van der Waals surface area (Å²) in [5.41, 5.74) is 5.02. The first-order valence-corrected chi connectivity index (χ1v) is 14.4. The fraction of sp³-hybridized carbons (Fsp3) is 0.135. The van der Waals surface area contributed by atoms with Crippen LogP contribution in [0.2, 0.25) is 0 Å². The van der Waals surface area contributed by atoms with E-state index in [-0.39, 0.29) is 24.1 Å². The Bertz CT molecular complexity index is 1800. The number of hydrogen-bond donors (Lipinski definition) is 1. The van der Waals surface area contributed by atoms with Gasteiger partial charge in [-0.1, -0.05) is 66.7 Å². The maximum Gasteiger partial charge on any atom is 0.220 e. The van der Waals surface area contributed by atoms with Crippen LogP contribution in [0.25, 0.3) is 10.9 Å². The standard InChI is InChI=1S/C37H32FN3O2/c38-29-18-16-27(17-19-29)25-41-26-35(33-14-4-5-15-36(33)41)34(24-37(42)40-22-20-30-10-6-7-21-39-30)28-9-8-13-32(23-28)43-31-11-2-1-3-12-31/h1-19,21,23,26,34H,20,22,24-25H2,(H,40,42). The Hall–Kier alpha value is -5.23. The molecule has 43 heavy (non-hydrogen) atoms. The topological polar surface area (TPSA) is 56.1 Å². The van der Waals surface area contributed by atoms with Gasteiger partial charge in [-0.05, 0) is 71.3 Å². The Labute approximate surface area is 250 Å². The molecule has 2 aromatic heterocycles. The van der Waals surface area contributed by atoms with Crippen LogP contribution >= 0.6 is 0 Å². The minimum atomic E-state index is -0.256. The van der Waals surface area contributed by atoms with Gasteiger partial charge in [0.2, 0.25) is 5.91 Å². The molecule has 0 fully saturated rings. The van der Waals surface area contributed by atoms with Crippen LogP contribution in [0.15, 0.2) is 134 Å². The van der Waals surface area contributed by atoms with Crippen LogP contribution in [0.3, 0.4) is 0 Å². The van der Waals surface area contributed by atoms with E-state index < -0.39 is 0 Å². The number of ether oxygens (including phenoxy) is 1. The van der Waals surface area contributed by atoms with Gasteiger partial charge in [-0.25, -0.2) is 4.39 Å². The van der Waals surface area contributed by atoms with E-state index in [9.17, 15) is 9.18 Å². The number of amides is 1. The van der Waals surface area contributed by atoms with Gasteiger partial charge in [0.1, 0.15) is 17.3 Å². The minimum Gasteiger partial charge on any atom is -0.457 e. The SMILES string of the molecule is O=C(CC(c1cccc(Oc2ccccc2)c1)c1cn(Cc2ccc(F)cc2)c2ccccc12)NCCc1ccccn1. The Morgan fingerprint density at radius 3 is 2.42 bits per heavy atom. The van der Waals surface area contributed by atoms with Gasteiger partial charge in [0, 0.05) is 60.8 Å². The fourth-order valence-electron chi connectivity index (χ4n) is 5.43. The summed E-state index contributed by atoms with van der Waals surface area (Å²) in [6, 6.07) is 38.2. The van der Waals surface area contributed by atoms with Crippen molar-refractivity contribution in [3.8, 4) is 11.5 Å². The third kappa shape index (κ3) is 6.99. The van der Waals surface area contributed by atoms with Crippen molar-refractivity contribution in [3.05, 3.63) is 162 Å². The van der Waals surface area contributed by atoms with Gasteiger partial charge < -0.3 is 14.6 Å². The summed E-state index contributed by atoms with van der Waals surface area (Å²) in [6.45, 7) is 1.09. The lowest BCUT2D eigenvalue weighted by atomic mass is 9.88. The van der Waals surface area contributed by atoms with Crippen molar-refractivity contribution in [2.45, 2.75) is 25.3 Å². The monoisotopic (exact) mass is 569 g/mol. The van der Waals surface area contributed by atoms with Crippen LogP contribution in [-0.2, 0) is 17.8 Å². The second-order valence-corrected chi connectivity index (χ2v) is 10.5. The van der Waals surface area contributed by atoms with Gasteiger partial charge in [0.05, 0.1) is 0 Å². The summed E-state index contributed by atoms with van der Waals surface area (Å²) >= 11 is 0. The largest absolute Gasteiger partial charge is 0.457 e. The predicted octanol–water partition coefficient (Wildman–Crippen LogP) is 7.90. The van der Waals surface area contributed by atoms with Gasteiger partial charge >= 0.3 is 0 Å². The molecule has 0 saturated carbocycles. The third-order valence-corrected chi connectivity index (χ3v) is 7.52. The molecule has 0 aliphatic heterocycles. The lowest BCUT2D eigenvalue weighted by molar-refractivity contribution is -0.121. The number of para-hydroxylation sites is 2. The number of carbonyl (C=O) groups excluding carboxylic acids is 1. The summed E-state index contributed by atoms with van der Waals surface area (Å²) in [5, 5.41) is 4.18. The Morgan fingerprint density at radius 2 is 1.60 bits per heavy atom. The maximum absolute atomic E-state index is 13.6. The highest BCUT2D eigenvalue weighted by Gasteiger charge is 2.23. The summed E-state index contributed by atoms with van der Waals surface area (Å²) < 4.78 is 21.9. The molecule has 0 aliphatic rings. The molecule has 0 spiro atoms. The molecule has 6 rings (SSSR count). The van der Waals surface area contributed by atoms with E-state index in [1.54, 1.807) is 18.3 Å². The van der Waals surface area contributed by atoms with Crippen LogP contribution in [0.1, 0.15) is 34.7 Å². The number of carbonyl (C=O) groups is 1. The molecule has 6 aromatic rings. The van der Waals surface area contributed by atoms with Crippen molar-refractivity contribution in [1.82, 2.24) is 14.9 Å². The van der Waals surface area contributed by atoms with E-state index in [0.717, 1.165) is 39.0 Å². The van der Waals surface area contributed by atoms with Crippen LogP contribution in [0.5, 0.6) is 11.5 Å². The van der Waals surface area contributed by atoms with Crippen molar-refractivity contribution < 1.29 is 13.9 Å². The molecule has 1 unspecified atom stereocenters. The van der Waals surface area contributed by atoms with Crippen LogP contribution in [-0.4, -0.2) is 22.0 Å². The number of nitrogens with one attached hydrogen (secondary N) is 1. The molecule has 1 N–H and O–H groups in total. The highest BCUT2D eigenvalue weighted by atomic mass is 19.1. The van der Waals surface area contributed by atoms with E-state index in [2.05, 4.69) is 39.3 Å². The highest BCUT2D eigenvalue weighted by Crippen LogP contribution is 2.37. The molecule has 1 amide bonds. The average Bonchev–Trinajstić information content (AvgIpc) is 3.40. The molecular formula is C37H32FN3O2. The van der Waals surface area contributed by atoms with Crippen molar-refractivity contribution in [2.24, 2.45) is 0 Å². The van der Waals surface area contributed by atoms with Gasteiger partial charge in [-0.15, -0.1) is 0 Å². The van der Waals surface area contributed by atoms with Gasteiger partial charge in [0.25, 0.3) is 0 Å². The smallest absolute Gasteiger partial charge is 0.220 e. The number of fused-ring (bicyclic) bond motifs is 1. The van der Waals surface area contributed by atoms with Crippen molar-refractivity contribution in [1.29, 1.82) is 0 Å².